The average Bonchev–Trinajstić information content (AvgIpc) is 3.17. The molecule has 4 aliphatic rings. The lowest BCUT2D eigenvalue weighted by Crippen LogP contribution is -2.52. The summed E-state index contributed by atoms with van der Waals surface area (Å²) in [6, 6.07) is 11.5. The number of nitrogens with two attached hydrogens (primary N) is 1. The lowest BCUT2D eigenvalue weighted by Gasteiger charge is -2.38. The number of nitrogens with one attached hydrogen (secondary N) is 3. The fourth-order valence-corrected chi connectivity index (χ4v) is 7.91. The number of benzene rings is 1. The Kier molecular flexibility index (Phi) is 11.2. The van der Waals surface area contributed by atoms with Gasteiger partial charge >= 0.3 is 0 Å². The minimum atomic E-state index is -1.21. The van der Waals surface area contributed by atoms with E-state index in [2.05, 4.69) is 64.9 Å². The summed E-state index contributed by atoms with van der Waals surface area (Å²) in [5.74, 6) is 1.27. The number of carbonyl (C=O) groups is 3. The topological polar surface area (TPSA) is 182 Å². The summed E-state index contributed by atoms with van der Waals surface area (Å²) < 4.78 is 0. The summed E-state index contributed by atoms with van der Waals surface area (Å²) in [5.41, 5.74) is 9.65. The van der Waals surface area contributed by atoms with Gasteiger partial charge in [-0.1, -0.05) is 12.1 Å². The summed E-state index contributed by atoms with van der Waals surface area (Å²) in [7, 11) is 0. The van der Waals surface area contributed by atoms with Crippen molar-refractivity contribution in [2.24, 2.45) is 11.7 Å². The van der Waals surface area contributed by atoms with Gasteiger partial charge in [-0.3, -0.25) is 19.7 Å². The zero-order valence-electron chi connectivity index (χ0n) is 29.7. The number of hydrogen-bond acceptors (Lipinski definition) is 12. The molecule has 0 bridgehead atoms. The van der Waals surface area contributed by atoms with Gasteiger partial charge in [-0.15, -0.1) is 0 Å². The number of carbonyl (C=O) groups excluding carboxylic acids is 3. The molecule has 14 nitrogen and oxygen atoms in total. The van der Waals surface area contributed by atoms with Crippen LogP contribution in [0.25, 0.3) is 0 Å². The number of amides is 3. The molecule has 1 aromatic carbocycles. The van der Waals surface area contributed by atoms with Gasteiger partial charge in [0.15, 0.2) is 5.82 Å². The van der Waals surface area contributed by atoms with Gasteiger partial charge in [0.25, 0.3) is 5.91 Å². The fraction of sp³-hybridized carbons (Fsp3) is 0.526. The van der Waals surface area contributed by atoms with Crippen LogP contribution in [0.2, 0.25) is 0 Å². The number of anilines is 4. The highest BCUT2D eigenvalue weighted by atomic mass is 16.3. The van der Waals surface area contributed by atoms with E-state index < -0.39 is 24.1 Å². The minimum Gasteiger partial charge on any atom is -0.373 e. The number of hydrogen-bond donors (Lipinski definition) is 5. The van der Waals surface area contributed by atoms with E-state index >= 15 is 0 Å². The van der Waals surface area contributed by atoms with Crippen molar-refractivity contribution in [2.75, 3.05) is 60.9 Å². The fourth-order valence-electron chi connectivity index (χ4n) is 7.91. The van der Waals surface area contributed by atoms with Crippen LogP contribution in [-0.4, -0.2) is 94.5 Å². The van der Waals surface area contributed by atoms with E-state index in [-0.39, 0.29) is 18.0 Å². The molecule has 0 saturated carbocycles. The first-order valence-corrected chi connectivity index (χ1v) is 18.8. The first kappa shape index (κ1) is 35.7. The number of piperidine rings is 4. The van der Waals surface area contributed by atoms with Crippen LogP contribution in [0.15, 0.2) is 48.8 Å². The van der Waals surface area contributed by atoms with Crippen molar-refractivity contribution in [3.8, 4) is 0 Å². The number of imide groups is 1. The molecule has 6 heterocycles. The SMILES string of the molecule is NC(O)c1ncc(N2CCCCC2)nc1Nc1ccc(C2CCN(CC3CCN(c4ccc(C(=O)NC5CCC(=O)NC5=O)nc4)CC3)CC2)cc1. The maximum absolute atomic E-state index is 12.6. The van der Waals surface area contributed by atoms with Crippen molar-refractivity contribution in [2.45, 2.75) is 76.0 Å². The maximum atomic E-state index is 12.6. The molecule has 4 aliphatic heterocycles. The minimum absolute atomic E-state index is 0.210. The molecule has 2 unspecified atom stereocenters. The Bertz CT molecular complexity index is 1700. The van der Waals surface area contributed by atoms with Crippen LogP contribution >= 0.6 is 0 Å². The number of pyridine rings is 1. The third kappa shape index (κ3) is 8.68. The summed E-state index contributed by atoms with van der Waals surface area (Å²) in [4.78, 5) is 56.8. The Morgan fingerprint density at radius 1 is 0.885 bits per heavy atom. The van der Waals surface area contributed by atoms with Crippen LogP contribution in [0, 0.1) is 5.92 Å². The third-order valence-electron chi connectivity index (χ3n) is 11.0. The second kappa shape index (κ2) is 16.3. The molecule has 2 atom stereocenters. The monoisotopic (exact) mass is 710 g/mol. The van der Waals surface area contributed by atoms with E-state index in [9.17, 15) is 19.5 Å². The molecule has 4 fully saturated rings. The highest BCUT2D eigenvalue weighted by molar-refractivity contribution is 6.03. The van der Waals surface area contributed by atoms with Crippen LogP contribution in [-0.2, 0) is 9.59 Å². The van der Waals surface area contributed by atoms with Crippen molar-refractivity contribution in [1.29, 1.82) is 0 Å². The number of rotatable bonds is 10. The summed E-state index contributed by atoms with van der Waals surface area (Å²) in [6.07, 6.45) is 10.7. The molecule has 0 aliphatic carbocycles. The van der Waals surface area contributed by atoms with Crippen molar-refractivity contribution in [3.63, 3.8) is 0 Å². The number of aliphatic hydroxyl groups excluding tert-OH is 1. The number of aromatic nitrogens is 3. The Morgan fingerprint density at radius 2 is 1.63 bits per heavy atom. The molecule has 7 rings (SSSR count). The molecule has 0 radical (unpaired) electrons. The number of nitrogens with zero attached hydrogens (tertiary/aromatic N) is 6. The third-order valence-corrected chi connectivity index (χ3v) is 11.0. The van der Waals surface area contributed by atoms with Gasteiger partial charge in [0.1, 0.15) is 29.5 Å². The highest BCUT2D eigenvalue weighted by Gasteiger charge is 2.29. The first-order chi connectivity index (χ1) is 25.3. The number of aliphatic hydroxyl groups is 1. The van der Waals surface area contributed by atoms with E-state index in [0.717, 1.165) is 102 Å². The van der Waals surface area contributed by atoms with Gasteiger partial charge in [0.05, 0.1) is 18.1 Å². The zero-order valence-corrected chi connectivity index (χ0v) is 29.7. The molecular formula is C38H50N10O4. The lowest BCUT2D eigenvalue weighted by molar-refractivity contribution is -0.134. The van der Waals surface area contributed by atoms with E-state index in [1.54, 1.807) is 18.5 Å². The Morgan fingerprint density at radius 3 is 2.31 bits per heavy atom. The van der Waals surface area contributed by atoms with Crippen LogP contribution in [0.3, 0.4) is 0 Å². The van der Waals surface area contributed by atoms with Crippen molar-refractivity contribution in [3.05, 3.63) is 65.7 Å². The van der Waals surface area contributed by atoms with E-state index in [0.29, 0.717) is 29.8 Å². The molecule has 6 N–H and O–H groups in total. The van der Waals surface area contributed by atoms with Gasteiger partial charge in [-0.25, -0.2) is 15.0 Å². The molecule has 0 spiro atoms. The van der Waals surface area contributed by atoms with Crippen molar-refractivity contribution >= 4 is 40.7 Å². The van der Waals surface area contributed by atoms with Crippen molar-refractivity contribution in [1.82, 2.24) is 30.5 Å². The predicted octanol–water partition coefficient (Wildman–Crippen LogP) is 3.19. The Balaban J connectivity index is 0.848. The number of likely N-dealkylation sites (tertiary alicyclic amines) is 1. The van der Waals surface area contributed by atoms with Crippen LogP contribution in [0.1, 0.15) is 91.7 Å². The van der Waals surface area contributed by atoms with E-state index in [1.165, 1.54) is 12.0 Å². The van der Waals surface area contributed by atoms with E-state index in [1.807, 2.05) is 6.07 Å². The largest absolute Gasteiger partial charge is 0.373 e. The smallest absolute Gasteiger partial charge is 0.270 e. The first-order valence-electron chi connectivity index (χ1n) is 18.8. The van der Waals surface area contributed by atoms with Gasteiger partial charge < -0.3 is 36.2 Å². The normalized spacial score (nSPS) is 21.5. The van der Waals surface area contributed by atoms with Crippen LogP contribution < -0.4 is 31.5 Å². The molecule has 4 saturated heterocycles. The van der Waals surface area contributed by atoms with Crippen molar-refractivity contribution < 1.29 is 19.5 Å². The Labute approximate surface area is 304 Å². The Hall–Kier alpha value is -4.66. The average molecular weight is 711 g/mol. The second-order valence-corrected chi connectivity index (χ2v) is 14.6. The second-order valence-electron chi connectivity index (χ2n) is 14.6. The molecule has 3 amide bonds. The van der Waals surface area contributed by atoms with E-state index in [4.69, 9.17) is 10.7 Å². The van der Waals surface area contributed by atoms with Gasteiger partial charge in [-0.05, 0) is 106 Å². The van der Waals surface area contributed by atoms with Gasteiger partial charge in [-0.2, -0.15) is 0 Å². The predicted molar refractivity (Wildman–Crippen MR) is 198 cm³/mol. The molecule has 52 heavy (non-hydrogen) atoms. The summed E-state index contributed by atoms with van der Waals surface area (Å²) in [5, 5.41) is 18.4. The summed E-state index contributed by atoms with van der Waals surface area (Å²) in [6.45, 7) is 7.12. The molecular weight excluding hydrogens is 660 g/mol. The van der Waals surface area contributed by atoms with Crippen LogP contribution in [0.4, 0.5) is 23.0 Å². The molecule has 2 aromatic heterocycles. The molecule has 14 heteroatoms. The van der Waals surface area contributed by atoms with Gasteiger partial charge in [0, 0.05) is 44.8 Å². The van der Waals surface area contributed by atoms with Gasteiger partial charge in [0.2, 0.25) is 11.8 Å². The van der Waals surface area contributed by atoms with Crippen LogP contribution in [0.5, 0.6) is 0 Å². The lowest BCUT2D eigenvalue weighted by atomic mass is 9.88. The highest BCUT2D eigenvalue weighted by Crippen LogP contribution is 2.32. The maximum Gasteiger partial charge on any atom is 0.270 e. The summed E-state index contributed by atoms with van der Waals surface area (Å²) >= 11 is 0. The molecule has 276 valence electrons. The molecule has 3 aromatic rings. The quantitative estimate of drug-likeness (QED) is 0.153. The standard InChI is InChI=1S/C38H50N10O4/c39-35(50)34-36(44-32(23-41-34)48-16-2-1-3-17-48)42-28-6-4-26(5-7-28)27-14-18-46(19-15-27)24-25-12-20-47(21-13-25)29-8-9-30(40-22-29)37(51)43-31-10-11-33(49)45-38(31)52/h4-9,22-23,25,27,31,35,50H,1-3,10-21,24,39H2,(H,42,44)(H,43,51)(H,45,49,52). The zero-order chi connectivity index (χ0) is 36.0.